The van der Waals surface area contributed by atoms with Crippen LogP contribution in [-0.2, 0) is 7.05 Å². The summed E-state index contributed by atoms with van der Waals surface area (Å²) in [5.41, 5.74) is 2.94. The third-order valence-electron chi connectivity index (χ3n) is 3.85. The number of carbonyl (C=O) groups is 1. The quantitative estimate of drug-likeness (QED) is 0.806. The van der Waals surface area contributed by atoms with Crippen molar-refractivity contribution in [3.8, 4) is 5.75 Å². The van der Waals surface area contributed by atoms with E-state index in [9.17, 15) is 9.90 Å². The molecule has 0 aliphatic carbocycles. The molecule has 0 radical (unpaired) electrons. The molecule has 0 bridgehead atoms. The molecule has 0 aliphatic rings. The van der Waals surface area contributed by atoms with Crippen LogP contribution in [0.1, 0.15) is 16.1 Å². The molecule has 0 saturated heterocycles. The number of phenols is 1. The first kappa shape index (κ1) is 14.8. The van der Waals surface area contributed by atoms with Gasteiger partial charge in [-0.1, -0.05) is 0 Å². The highest BCUT2D eigenvalue weighted by Crippen LogP contribution is 2.29. The number of phenolic OH excluding ortho intramolecular Hbond substituents is 1. The number of nitrogens with zero attached hydrogens (tertiary/aromatic N) is 3. The van der Waals surface area contributed by atoms with E-state index in [1.807, 2.05) is 30.8 Å². The lowest BCUT2D eigenvalue weighted by Gasteiger charge is -2.23. The Morgan fingerprint density at radius 2 is 1.65 bits per heavy atom. The molecule has 0 aliphatic heterocycles. The minimum absolute atomic E-state index is 0.125. The fourth-order valence-corrected chi connectivity index (χ4v) is 2.43. The van der Waals surface area contributed by atoms with Gasteiger partial charge in [-0.3, -0.25) is 14.7 Å². The number of pyridine rings is 1. The van der Waals surface area contributed by atoms with Gasteiger partial charge < -0.3 is 9.67 Å². The van der Waals surface area contributed by atoms with Crippen LogP contribution >= 0.6 is 0 Å². The molecular weight excluding hydrogens is 290 g/mol. The van der Waals surface area contributed by atoms with Gasteiger partial charge in [0.1, 0.15) is 5.75 Å². The largest absolute Gasteiger partial charge is 0.508 e. The standard InChI is InChI=1S/C18H17N3O2/c1-13-17(9-12-20(13)2)18(23)21(15-7-10-19-11-8-15)14-3-5-16(22)6-4-14/h3-12,22H,1-2H3. The number of anilines is 2. The SMILES string of the molecule is Cc1c(C(=O)N(c2ccncc2)c2ccc(O)cc2)ccn1C. The number of benzene rings is 1. The molecule has 0 fully saturated rings. The highest BCUT2D eigenvalue weighted by atomic mass is 16.3. The van der Waals surface area contributed by atoms with Crippen molar-refractivity contribution in [2.45, 2.75) is 6.92 Å². The van der Waals surface area contributed by atoms with E-state index in [2.05, 4.69) is 4.98 Å². The van der Waals surface area contributed by atoms with Crippen LogP contribution < -0.4 is 4.90 Å². The average molecular weight is 307 g/mol. The van der Waals surface area contributed by atoms with Crippen LogP contribution in [0.15, 0.2) is 61.1 Å². The Hall–Kier alpha value is -3.08. The topological polar surface area (TPSA) is 58.4 Å². The average Bonchev–Trinajstić information content (AvgIpc) is 2.90. The Bertz CT molecular complexity index is 823. The van der Waals surface area contributed by atoms with E-state index in [1.54, 1.807) is 53.7 Å². The molecule has 2 aromatic heterocycles. The molecular formula is C18H17N3O2. The number of aromatic hydroxyl groups is 1. The maximum atomic E-state index is 13.1. The highest BCUT2D eigenvalue weighted by Gasteiger charge is 2.22. The van der Waals surface area contributed by atoms with Crippen LogP contribution in [-0.4, -0.2) is 20.6 Å². The van der Waals surface area contributed by atoms with E-state index < -0.39 is 0 Å². The van der Waals surface area contributed by atoms with Crippen molar-refractivity contribution in [2.75, 3.05) is 4.90 Å². The predicted molar refractivity (Wildman–Crippen MR) is 89.0 cm³/mol. The summed E-state index contributed by atoms with van der Waals surface area (Å²) in [6, 6.07) is 11.9. The maximum Gasteiger partial charge on any atom is 0.264 e. The molecule has 0 atom stereocenters. The monoisotopic (exact) mass is 307 g/mol. The highest BCUT2D eigenvalue weighted by molar-refractivity contribution is 6.11. The molecule has 0 spiro atoms. The lowest BCUT2D eigenvalue weighted by Crippen LogP contribution is -2.26. The van der Waals surface area contributed by atoms with E-state index in [1.165, 1.54) is 0 Å². The Kier molecular flexibility index (Phi) is 3.85. The summed E-state index contributed by atoms with van der Waals surface area (Å²) in [6.07, 6.45) is 5.16. The van der Waals surface area contributed by atoms with Crippen LogP contribution in [0.2, 0.25) is 0 Å². The molecule has 1 amide bonds. The molecule has 23 heavy (non-hydrogen) atoms. The maximum absolute atomic E-state index is 13.1. The summed E-state index contributed by atoms with van der Waals surface area (Å²) < 4.78 is 1.91. The summed E-state index contributed by atoms with van der Waals surface area (Å²) in [7, 11) is 1.91. The van der Waals surface area contributed by atoms with Crippen molar-refractivity contribution in [2.24, 2.45) is 7.05 Å². The Labute approximate surface area is 134 Å². The molecule has 2 heterocycles. The number of aromatic nitrogens is 2. The second-order valence-corrected chi connectivity index (χ2v) is 5.29. The van der Waals surface area contributed by atoms with E-state index in [0.29, 0.717) is 11.3 Å². The number of amides is 1. The molecule has 116 valence electrons. The van der Waals surface area contributed by atoms with Gasteiger partial charge in [-0.15, -0.1) is 0 Å². The molecule has 0 saturated carbocycles. The fraction of sp³-hybridized carbons (Fsp3) is 0.111. The zero-order valence-corrected chi connectivity index (χ0v) is 13.0. The van der Waals surface area contributed by atoms with Crippen molar-refractivity contribution in [1.82, 2.24) is 9.55 Å². The molecule has 1 aromatic carbocycles. The van der Waals surface area contributed by atoms with Gasteiger partial charge in [-0.25, -0.2) is 0 Å². The third-order valence-corrected chi connectivity index (χ3v) is 3.85. The minimum Gasteiger partial charge on any atom is -0.508 e. The van der Waals surface area contributed by atoms with Gasteiger partial charge in [0.25, 0.3) is 5.91 Å². The van der Waals surface area contributed by atoms with E-state index in [0.717, 1.165) is 11.4 Å². The number of aryl methyl sites for hydroxylation is 1. The summed E-state index contributed by atoms with van der Waals surface area (Å²) >= 11 is 0. The summed E-state index contributed by atoms with van der Waals surface area (Å²) in [4.78, 5) is 18.7. The van der Waals surface area contributed by atoms with Gasteiger partial charge >= 0.3 is 0 Å². The first-order valence-corrected chi connectivity index (χ1v) is 7.23. The normalized spacial score (nSPS) is 10.5. The molecule has 1 N–H and O–H groups in total. The smallest absolute Gasteiger partial charge is 0.264 e. The van der Waals surface area contributed by atoms with E-state index >= 15 is 0 Å². The fourth-order valence-electron chi connectivity index (χ4n) is 2.43. The molecule has 3 rings (SSSR count). The Balaban J connectivity index is 2.10. The zero-order valence-electron chi connectivity index (χ0n) is 13.0. The summed E-state index contributed by atoms with van der Waals surface area (Å²) in [6.45, 7) is 1.91. The van der Waals surface area contributed by atoms with Crippen LogP contribution in [0.25, 0.3) is 0 Å². The van der Waals surface area contributed by atoms with Crippen LogP contribution in [0.4, 0.5) is 11.4 Å². The minimum atomic E-state index is -0.125. The van der Waals surface area contributed by atoms with Gasteiger partial charge in [-0.2, -0.15) is 0 Å². The first-order valence-electron chi connectivity index (χ1n) is 7.23. The van der Waals surface area contributed by atoms with Crippen molar-refractivity contribution >= 4 is 17.3 Å². The molecule has 3 aromatic rings. The summed E-state index contributed by atoms with van der Waals surface area (Å²) in [5, 5.41) is 9.50. The third kappa shape index (κ3) is 2.81. The van der Waals surface area contributed by atoms with Crippen molar-refractivity contribution in [1.29, 1.82) is 0 Å². The van der Waals surface area contributed by atoms with Crippen molar-refractivity contribution in [3.63, 3.8) is 0 Å². The van der Waals surface area contributed by atoms with Gasteiger partial charge in [0.05, 0.1) is 11.3 Å². The Morgan fingerprint density at radius 3 is 2.22 bits per heavy atom. The first-order chi connectivity index (χ1) is 11.1. The second-order valence-electron chi connectivity index (χ2n) is 5.29. The van der Waals surface area contributed by atoms with Crippen LogP contribution in [0, 0.1) is 6.92 Å². The van der Waals surface area contributed by atoms with Gasteiger partial charge in [0.15, 0.2) is 0 Å². The number of carbonyl (C=O) groups excluding carboxylic acids is 1. The van der Waals surface area contributed by atoms with E-state index in [-0.39, 0.29) is 11.7 Å². The van der Waals surface area contributed by atoms with Crippen molar-refractivity contribution in [3.05, 3.63) is 72.3 Å². The van der Waals surface area contributed by atoms with Crippen LogP contribution in [0.3, 0.4) is 0 Å². The van der Waals surface area contributed by atoms with E-state index in [4.69, 9.17) is 0 Å². The van der Waals surface area contributed by atoms with Crippen LogP contribution in [0.5, 0.6) is 5.75 Å². The van der Waals surface area contributed by atoms with Gasteiger partial charge in [0, 0.05) is 37.0 Å². The Morgan fingerprint density at radius 1 is 1.04 bits per heavy atom. The van der Waals surface area contributed by atoms with Gasteiger partial charge in [0.2, 0.25) is 0 Å². The molecule has 5 nitrogen and oxygen atoms in total. The molecule has 5 heteroatoms. The van der Waals surface area contributed by atoms with Gasteiger partial charge in [-0.05, 0) is 49.4 Å². The number of hydrogen-bond acceptors (Lipinski definition) is 3. The lowest BCUT2D eigenvalue weighted by molar-refractivity contribution is 0.0998. The molecule has 0 unspecified atom stereocenters. The van der Waals surface area contributed by atoms with Crippen molar-refractivity contribution < 1.29 is 9.90 Å². The zero-order chi connectivity index (χ0) is 16.4. The number of rotatable bonds is 3. The summed E-state index contributed by atoms with van der Waals surface area (Å²) in [5.74, 6) is 0.0340. The lowest BCUT2D eigenvalue weighted by atomic mass is 10.1. The predicted octanol–water partition coefficient (Wildman–Crippen LogP) is 3.41. The number of hydrogen-bond donors (Lipinski definition) is 1. The second kappa shape index (κ2) is 5.96.